The highest BCUT2D eigenvalue weighted by molar-refractivity contribution is 8.01. The molecule has 5 nitrogen and oxygen atoms in total. The molecule has 0 radical (unpaired) electrons. The van der Waals surface area contributed by atoms with Gasteiger partial charge in [0.15, 0.2) is 4.34 Å². The van der Waals surface area contributed by atoms with Gasteiger partial charge in [-0.25, -0.2) is 0 Å². The zero-order valence-corrected chi connectivity index (χ0v) is 16.0. The molecule has 0 spiro atoms. The van der Waals surface area contributed by atoms with Crippen LogP contribution in [0.25, 0.3) is 0 Å². The molecule has 0 saturated carbocycles. The van der Waals surface area contributed by atoms with E-state index >= 15 is 0 Å². The van der Waals surface area contributed by atoms with Crippen LogP contribution in [0.15, 0.2) is 58.9 Å². The van der Waals surface area contributed by atoms with Crippen molar-refractivity contribution in [2.24, 2.45) is 0 Å². The van der Waals surface area contributed by atoms with Crippen molar-refractivity contribution in [2.75, 3.05) is 11.1 Å². The summed E-state index contributed by atoms with van der Waals surface area (Å²) in [6, 6.07) is 17.0. The quantitative estimate of drug-likeness (QED) is 0.443. The van der Waals surface area contributed by atoms with Gasteiger partial charge in [0.2, 0.25) is 5.13 Å². The summed E-state index contributed by atoms with van der Waals surface area (Å²) in [5.74, 6) is 1.27. The second kappa shape index (κ2) is 9.35. The first kappa shape index (κ1) is 18.4. The van der Waals surface area contributed by atoms with Gasteiger partial charge in [-0.1, -0.05) is 72.5 Å². The number of hydrogen-bond donors (Lipinski definition) is 1. The molecule has 0 aliphatic rings. The fourth-order valence-corrected chi connectivity index (χ4v) is 3.86. The molecule has 26 heavy (non-hydrogen) atoms. The van der Waals surface area contributed by atoms with Crippen LogP contribution in [0.1, 0.15) is 29.3 Å². The normalized spacial score (nSPS) is 10.5. The van der Waals surface area contributed by atoms with Crippen molar-refractivity contribution >= 4 is 34.1 Å². The topological polar surface area (TPSA) is 64.1 Å². The van der Waals surface area contributed by atoms with Gasteiger partial charge in [0.05, 0.1) is 5.56 Å². The largest absolute Gasteiger partial charge is 0.488 e. The Labute approximate surface area is 160 Å². The number of aromatic nitrogens is 2. The summed E-state index contributed by atoms with van der Waals surface area (Å²) in [5, 5.41) is 11.4. The minimum absolute atomic E-state index is 0.253. The van der Waals surface area contributed by atoms with Gasteiger partial charge in [-0.15, -0.1) is 10.2 Å². The van der Waals surface area contributed by atoms with E-state index < -0.39 is 0 Å². The van der Waals surface area contributed by atoms with Crippen LogP contribution in [-0.4, -0.2) is 21.9 Å². The van der Waals surface area contributed by atoms with Crippen molar-refractivity contribution in [3.05, 3.63) is 65.7 Å². The highest BCUT2D eigenvalue weighted by Gasteiger charge is 2.15. The molecule has 1 heterocycles. The predicted molar refractivity (Wildman–Crippen MR) is 106 cm³/mol. The van der Waals surface area contributed by atoms with Gasteiger partial charge in [0, 0.05) is 5.75 Å². The van der Waals surface area contributed by atoms with Gasteiger partial charge in [-0.05, 0) is 24.1 Å². The van der Waals surface area contributed by atoms with Gasteiger partial charge in [0.1, 0.15) is 12.4 Å². The molecule has 0 fully saturated rings. The number of anilines is 1. The number of carbonyl (C=O) groups excluding carboxylic acids is 1. The molecule has 0 aliphatic carbocycles. The molecule has 0 bridgehead atoms. The minimum atomic E-state index is -0.253. The standard InChI is InChI=1S/C19H19N3O2S2/c1-2-12-25-19-22-21-18(26-19)20-17(23)15-10-6-7-11-16(15)24-13-14-8-4-3-5-9-14/h3-11H,2,12-13H2,1H3,(H,20,21,23). The van der Waals surface area contributed by atoms with Crippen LogP contribution in [0.5, 0.6) is 5.75 Å². The molecule has 0 unspecified atom stereocenters. The van der Waals surface area contributed by atoms with Crippen LogP contribution < -0.4 is 10.1 Å². The van der Waals surface area contributed by atoms with E-state index in [2.05, 4.69) is 22.4 Å². The molecule has 1 aromatic heterocycles. The van der Waals surface area contributed by atoms with E-state index in [1.807, 2.05) is 42.5 Å². The number of carbonyl (C=O) groups is 1. The van der Waals surface area contributed by atoms with E-state index in [0.29, 0.717) is 23.1 Å². The second-order valence-electron chi connectivity index (χ2n) is 5.45. The Hall–Kier alpha value is -2.38. The lowest BCUT2D eigenvalue weighted by atomic mass is 10.2. The van der Waals surface area contributed by atoms with Gasteiger partial charge < -0.3 is 4.74 Å². The Kier molecular flexibility index (Phi) is 6.62. The molecule has 0 aliphatic heterocycles. The molecule has 0 atom stereocenters. The van der Waals surface area contributed by atoms with Crippen molar-refractivity contribution < 1.29 is 9.53 Å². The highest BCUT2D eigenvalue weighted by atomic mass is 32.2. The minimum Gasteiger partial charge on any atom is -0.488 e. The molecule has 3 rings (SSSR count). The van der Waals surface area contributed by atoms with Gasteiger partial charge in [0.25, 0.3) is 5.91 Å². The van der Waals surface area contributed by atoms with Crippen LogP contribution in [-0.2, 0) is 6.61 Å². The molecule has 7 heteroatoms. The molecule has 2 aromatic carbocycles. The maximum absolute atomic E-state index is 12.6. The zero-order valence-electron chi connectivity index (χ0n) is 14.3. The Balaban J connectivity index is 1.66. The third-order valence-corrected chi connectivity index (χ3v) is 5.60. The SMILES string of the molecule is CCCSc1nnc(NC(=O)c2ccccc2OCc2ccccc2)s1. The van der Waals surface area contributed by atoms with E-state index in [1.54, 1.807) is 23.9 Å². The van der Waals surface area contributed by atoms with Crippen molar-refractivity contribution in [3.8, 4) is 5.75 Å². The lowest BCUT2D eigenvalue weighted by molar-refractivity contribution is 0.102. The molecule has 0 saturated heterocycles. The summed E-state index contributed by atoms with van der Waals surface area (Å²) in [4.78, 5) is 12.6. The van der Waals surface area contributed by atoms with E-state index in [-0.39, 0.29) is 5.91 Å². The molecular weight excluding hydrogens is 366 g/mol. The number of benzene rings is 2. The molecule has 1 amide bonds. The molecule has 1 N–H and O–H groups in total. The number of para-hydroxylation sites is 1. The van der Waals surface area contributed by atoms with E-state index in [4.69, 9.17) is 4.74 Å². The Bertz CT molecular complexity index is 853. The van der Waals surface area contributed by atoms with Crippen molar-refractivity contribution in [1.29, 1.82) is 0 Å². The first-order valence-electron chi connectivity index (χ1n) is 8.29. The van der Waals surface area contributed by atoms with E-state index in [0.717, 1.165) is 22.1 Å². The maximum Gasteiger partial charge on any atom is 0.261 e. The second-order valence-corrected chi connectivity index (χ2v) is 7.77. The summed E-state index contributed by atoms with van der Waals surface area (Å²) < 4.78 is 6.70. The highest BCUT2D eigenvalue weighted by Crippen LogP contribution is 2.27. The zero-order chi connectivity index (χ0) is 18.2. The number of amides is 1. The lowest BCUT2D eigenvalue weighted by Crippen LogP contribution is -2.13. The number of nitrogens with one attached hydrogen (secondary N) is 1. The van der Waals surface area contributed by atoms with Crippen LogP contribution >= 0.6 is 23.1 Å². The molecule has 3 aromatic rings. The van der Waals surface area contributed by atoms with Crippen LogP contribution in [0.2, 0.25) is 0 Å². The number of hydrogen-bond acceptors (Lipinski definition) is 6. The lowest BCUT2D eigenvalue weighted by Gasteiger charge is -2.10. The van der Waals surface area contributed by atoms with Gasteiger partial charge >= 0.3 is 0 Å². The number of rotatable bonds is 8. The van der Waals surface area contributed by atoms with Crippen molar-refractivity contribution in [3.63, 3.8) is 0 Å². The van der Waals surface area contributed by atoms with Gasteiger partial charge in [-0.2, -0.15) is 0 Å². The van der Waals surface area contributed by atoms with Crippen LogP contribution in [0.3, 0.4) is 0 Å². The third kappa shape index (κ3) is 5.06. The Morgan fingerprint density at radius 3 is 2.69 bits per heavy atom. The predicted octanol–water partition coefficient (Wildman–Crippen LogP) is 4.87. The number of thioether (sulfide) groups is 1. The average Bonchev–Trinajstić information content (AvgIpc) is 3.13. The van der Waals surface area contributed by atoms with Crippen LogP contribution in [0, 0.1) is 0 Å². The summed E-state index contributed by atoms with van der Waals surface area (Å²) in [6.45, 7) is 2.52. The van der Waals surface area contributed by atoms with Crippen LogP contribution in [0.4, 0.5) is 5.13 Å². The summed E-state index contributed by atoms with van der Waals surface area (Å²) in [7, 11) is 0. The number of nitrogens with zero attached hydrogens (tertiary/aromatic N) is 2. The fraction of sp³-hybridized carbons (Fsp3) is 0.211. The third-order valence-electron chi connectivity index (χ3n) is 3.43. The van der Waals surface area contributed by atoms with Gasteiger partial charge in [-0.3, -0.25) is 10.1 Å². The number of ether oxygens (including phenoxy) is 1. The first-order valence-corrected chi connectivity index (χ1v) is 10.1. The Morgan fingerprint density at radius 2 is 1.88 bits per heavy atom. The summed E-state index contributed by atoms with van der Waals surface area (Å²) in [5.41, 5.74) is 1.52. The van der Waals surface area contributed by atoms with Crippen molar-refractivity contribution in [1.82, 2.24) is 10.2 Å². The van der Waals surface area contributed by atoms with Crippen molar-refractivity contribution in [2.45, 2.75) is 24.3 Å². The van der Waals surface area contributed by atoms with E-state index in [1.165, 1.54) is 11.3 Å². The average molecular weight is 386 g/mol. The summed E-state index contributed by atoms with van der Waals surface area (Å²) >= 11 is 3.02. The first-order chi connectivity index (χ1) is 12.8. The Morgan fingerprint density at radius 1 is 1.12 bits per heavy atom. The maximum atomic E-state index is 12.6. The molecular formula is C19H19N3O2S2. The smallest absolute Gasteiger partial charge is 0.261 e. The molecule has 134 valence electrons. The fourth-order valence-electron chi connectivity index (χ4n) is 2.19. The van der Waals surface area contributed by atoms with E-state index in [9.17, 15) is 4.79 Å². The monoisotopic (exact) mass is 385 g/mol. The summed E-state index contributed by atoms with van der Waals surface area (Å²) in [6.07, 6.45) is 1.07.